The summed E-state index contributed by atoms with van der Waals surface area (Å²) in [6, 6.07) is 15.6. The number of nitrogens with one attached hydrogen (secondary N) is 1. The summed E-state index contributed by atoms with van der Waals surface area (Å²) in [5.74, 6) is -0.702. The maximum atomic E-state index is 12.7. The number of nitrogens with zero attached hydrogens (tertiary/aromatic N) is 2. The minimum Gasteiger partial charge on any atom is -0.495 e. The number of amides is 1. The van der Waals surface area contributed by atoms with Crippen molar-refractivity contribution in [1.29, 1.82) is 0 Å². The van der Waals surface area contributed by atoms with Crippen LogP contribution >= 0.6 is 0 Å². The molecule has 0 saturated heterocycles. The molecule has 0 fully saturated rings. The van der Waals surface area contributed by atoms with Gasteiger partial charge in [0.1, 0.15) is 17.1 Å². The molecule has 1 amide bonds. The van der Waals surface area contributed by atoms with E-state index in [1.165, 1.54) is 19.2 Å². The van der Waals surface area contributed by atoms with Gasteiger partial charge in [-0.1, -0.05) is 12.1 Å². The van der Waals surface area contributed by atoms with Crippen molar-refractivity contribution in [2.75, 3.05) is 12.4 Å². The first-order chi connectivity index (χ1) is 14.8. The van der Waals surface area contributed by atoms with Crippen LogP contribution in [0.4, 0.5) is 18.9 Å². The molecule has 0 aliphatic heterocycles. The van der Waals surface area contributed by atoms with E-state index in [0.717, 1.165) is 23.3 Å². The molecule has 2 heterocycles. The summed E-state index contributed by atoms with van der Waals surface area (Å²) in [7, 11) is 1.45. The highest BCUT2D eigenvalue weighted by atomic mass is 19.4. The van der Waals surface area contributed by atoms with Crippen LogP contribution in [0, 0.1) is 0 Å². The fraction of sp³-hybridized carbons (Fsp3) is 0.0909. The molecule has 6 nitrogen and oxygen atoms in total. The maximum absolute atomic E-state index is 12.7. The molecular weight excluding hydrogens is 411 g/mol. The minimum absolute atomic E-state index is 0.00179. The molecule has 0 bridgehead atoms. The number of carbonyl (C=O) groups excluding carboxylic acids is 1. The number of halogens is 3. The first-order valence-electron chi connectivity index (χ1n) is 9.12. The molecule has 0 unspecified atom stereocenters. The van der Waals surface area contributed by atoms with Crippen LogP contribution in [-0.2, 0) is 0 Å². The molecule has 4 rings (SSSR count). The van der Waals surface area contributed by atoms with Crippen LogP contribution in [0.5, 0.6) is 11.5 Å². The van der Waals surface area contributed by atoms with E-state index in [0.29, 0.717) is 17.1 Å². The summed E-state index contributed by atoms with van der Waals surface area (Å²) in [5, 5.41) is 2.68. The zero-order valence-corrected chi connectivity index (χ0v) is 16.2. The third kappa shape index (κ3) is 4.61. The average Bonchev–Trinajstić information content (AvgIpc) is 3.17. The van der Waals surface area contributed by atoms with Gasteiger partial charge in [0.15, 0.2) is 0 Å². The highest BCUT2D eigenvalue weighted by Crippen LogP contribution is 2.31. The SMILES string of the molecule is COc1ccc(-c2cn3ccccc3n2)cc1NC(=O)c1cccc(OC(F)(F)F)c1. The normalized spacial score (nSPS) is 11.4. The summed E-state index contributed by atoms with van der Waals surface area (Å²) >= 11 is 0. The van der Waals surface area contributed by atoms with Crippen LogP contribution < -0.4 is 14.8 Å². The van der Waals surface area contributed by atoms with E-state index < -0.39 is 18.0 Å². The van der Waals surface area contributed by atoms with E-state index in [2.05, 4.69) is 15.0 Å². The van der Waals surface area contributed by atoms with Gasteiger partial charge in [0.05, 0.1) is 18.5 Å². The number of imidazole rings is 1. The van der Waals surface area contributed by atoms with Crippen molar-refractivity contribution in [3.05, 3.63) is 78.6 Å². The molecule has 9 heteroatoms. The van der Waals surface area contributed by atoms with Gasteiger partial charge in [0.2, 0.25) is 0 Å². The molecule has 2 aromatic carbocycles. The van der Waals surface area contributed by atoms with E-state index in [1.807, 2.05) is 35.0 Å². The number of anilines is 1. The quantitative estimate of drug-likeness (QED) is 0.478. The van der Waals surface area contributed by atoms with Crippen LogP contribution in [0.25, 0.3) is 16.9 Å². The summed E-state index contributed by atoms with van der Waals surface area (Å²) < 4.78 is 48.4. The zero-order valence-electron chi connectivity index (χ0n) is 16.2. The van der Waals surface area contributed by atoms with E-state index in [4.69, 9.17) is 4.74 Å². The number of alkyl halides is 3. The lowest BCUT2D eigenvalue weighted by atomic mass is 10.1. The molecule has 0 atom stereocenters. The van der Waals surface area contributed by atoms with E-state index in [1.54, 1.807) is 18.2 Å². The van der Waals surface area contributed by atoms with Gasteiger partial charge in [0, 0.05) is 23.5 Å². The van der Waals surface area contributed by atoms with Crippen molar-refractivity contribution in [3.8, 4) is 22.8 Å². The number of methoxy groups -OCH3 is 1. The fourth-order valence-electron chi connectivity index (χ4n) is 3.07. The van der Waals surface area contributed by atoms with Gasteiger partial charge in [-0.15, -0.1) is 13.2 Å². The van der Waals surface area contributed by atoms with Crippen LogP contribution in [-0.4, -0.2) is 28.8 Å². The molecule has 1 N–H and O–H groups in total. The van der Waals surface area contributed by atoms with Gasteiger partial charge < -0.3 is 19.2 Å². The molecule has 0 radical (unpaired) electrons. The molecular formula is C22H16F3N3O3. The summed E-state index contributed by atoms with van der Waals surface area (Å²) in [5.41, 5.74) is 2.53. The molecule has 0 spiro atoms. The number of carbonyl (C=O) groups is 1. The molecule has 158 valence electrons. The summed E-state index contributed by atoms with van der Waals surface area (Å²) in [6.07, 6.45) is -1.13. The molecule has 0 aliphatic carbocycles. The lowest BCUT2D eigenvalue weighted by Crippen LogP contribution is -2.18. The molecule has 0 saturated carbocycles. The summed E-state index contributed by atoms with van der Waals surface area (Å²) in [4.78, 5) is 17.2. The second kappa shape index (κ2) is 8.02. The Hall–Kier alpha value is -4.01. The lowest BCUT2D eigenvalue weighted by Gasteiger charge is -2.13. The Morgan fingerprint density at radius 2 is 1.90 bits per heavy atom. The third-order valence-electron chi connectivity index (χ3n) is 4.44. The highest BCUT2D eigenvalue weighted by Gasteiger charge is 2.31. The first-order valence-corrected chi connectivity index (χ1v) is 9.12. The van der Waals surface area contributed by atoms with Gasteiger partial charge in [0.25, 0.3) is 5.91 Å². The van der Waals surface area contributed by atoms with Gasteiger partial charge >= 0.3 is 6.36 Å². The number of hydrogen-bond donors (Lipinski definition) is 1. The average molecular weight is 427 g/mol. The third-order valence-corrected chi connectivity index (χ3v) is 4.44. The Balaban J connectivity index is 1.62. The van der Waals surface area contributed by atoms with E-state index >= 15 is 0 Å². The molecule has 4 aromatic rings. The van der Waals surface area contributed by atoms with Crippen LogP contribution in [0.15, 0.2) is 73.1 Å². The first kappa shape index (κ1) is 20.3. The molecule has 31 heavy (non-hydrogen) atoms. The summed E-state index contributed by atoms with van der Waals surface area (Å²) in [6.45, 7) is 0. The van der Waals surface area contributed by atoms with Crippen molar-refractivity contribution in [2.45, 2.75) is 6.36 Å². The predicted molar refractivity (Wildman–Crippen MR) is 108 cm³/mol. The smallest absolute Gasteiger partial charge is 0.495 e. The number of aromatic nitrogens is 2. The number of benzene rings is 2. The number of fused-ring (bicyclic) bond motifs is 1. The molecule has 0 aliphatic rings. The van der Waals surface area contributed by atoms with Crippen LogP contribution in [0.3, 0.4) is 0 Å². The Kier molecular flexibility index (Phi) is 5.24. The molecule has 2 aromatic heterocycles. The van der Waals surface area contributed by atoms with Crippen molar-refractivity contribution < 1.29 is 27.4 Å². The minimum atomic E-state index is -4.85. The monoisotopic (exact) mass is 427 g/mol. The van der Waals surface area contributed by atoms with Gasteiger partial charge in [-0.3, -0.25) is 4.79 Å². The largest absolute Gasteiger partial charge is 0.573 e. The van der Waals surface area contributed by atoms with E-state index in [-0.39, 0.29) is 5.56 Å². The lowest BCUT2D eigenvalue weighted by molar-refractivity contribution is -0.274. The standard InChI is InChI=1S/C22H16F3N3O3/c1-30-19-9-8-14(18-13-28-10-3-2-7-20(28)26-18)12-17(19)27-21(29)15-5-4-6-16(11-15)31-22(23,24)25/h2-13H,1H3,(H,27,29). The van der Waals surface area contributed by atoms with Crippen molar-refractivity contribution in [3.63, 3.8) is 0 Å². The Morgan fingerprint density at radius 1 is 1.06 bits per heavy atom. The van der Waals surface area contributed by atoms with Crippen LogP contribution in [0.1, 0.15) is 10.4 Å². The predicted octanol–water partition coefficient (Wildman–Crippen LogP) is 5.16. The number of pyridine rings is 1. The van der Waals surface area contributed by atoms with E-state index in [9.17, 15) is 18.0 Å². The number of hydrogen-bond acceptors (Lipinski definition) is 4. The topological polar surface area (TPSA) is 64.9 Å². The Bertz CT molecular complexity index is 1220. The second-order valence-electron chi connectivity index (χ2n) is 6.54. The van der Waals surface area contributed by atoms with Gasteiger partial charge in [-0.25, -0.2) is 4.98 Å². The Morgan fingerprint density at radius 3 is 2.65 bits per heavy atom. The number of rotatable bonds is 5. The van der Waals surface area contributed by atoms with Crippen LogP contribution in [0.2, 0.25) is 0 Å². The fourth-order valence-corrected chi connectivity index (χ4v) is 3.07. The van der Waals surface area contributed by atoms with Crippen molar-refractivity contribution in [2.24, 2.45) is 0 Å². The second-order valence-corrected chi connectivity index (χ2v) is 6.54. The van der Waals surface area contributed by atoms with Crippen molar-refractivity contribution in [1.82, 2.24) is 9.38 Å². The maximum Gasteiger partial charge on any atom is 0.573 e. The highest BCUT2D eigenvalue weighted by molar-refractivity contribution is 6.05. The van der Waals surface area contributed by atoms with Gasteiger partial charge in [-0.2, -0.15) is 0 Å². The number of ether oxygens (including phenoxy) is 2. The zero-order chi connectivity index (χ0) is 22.0. The Labute approximate surface area is 174 Å². The van der Waals surface area contributed by atoms with Crippen molar-refractivity contribution >= 4 is 17.2 Å². The van der Waals surface area contributed by atoms with Gasteiger partial charge in [-0.05, 0) is 48.5 Å².